The van der Waals surface area contributed by atoms with E-state index in [9.17, 15) is 14.2 Å². The number of hydrogen-bond donors (Lipinski definition) is 0. The Morgan fingerprint density at radius 3 is 2.00 bits per heavy atom. The van der Waals surface area contributed by atoms with Crippen molar-refractivity contribution in [1.29, 1.82) is 0 Å². The predicted molar refractivity (Wildman–Crippen MR) is 72.3 cm³/mol. The van der Waals surface area contributed by atoms with E-state index in [0.717, 1.165) is 19.3 Å². The maximum Gasteiger partial charge on any atom is 0.504 e. The summed E-state index contributed by atoms with van der Waals surface area (Å²) in [6.07, 6.45) is 3.26. The molecular formula is C12H24O6P+. The molecule has 0 heterocycles. The first-order valence-corrected chi connectivity index (χ1v) is 7.77. The van der Waals surface area contributed by atoms with Gasteiger partial charge in [-0.15, -0.1) is 4.52 Å². The monoisotopic (exact) mass is 295 g/mol. The Labute approximate surface area is 115 Å². The van der Waals surface area contributed by atoms with Crippen LogP contribution in [0.5, 0.6) is 0 Å². The van der Waals surface area contributed by atoms with E-state index in [1.54, 1.807) is 0 Å². The molecule has 0 aromatic carbocycles. The van der Waals surface area contributed by atoms with Gasteiger partial charge in [0.15, 0.2) is 6.66 Å². The van der Waals surface area contributed by atoms with Crippen LogP contribution in [0.2, 0.25) is 0 Å². The van der Waals surface area contributed by atoms with Crippen molar-refractivity contribution < 1.29 is 28.2 Å². The van der Waals surface area contributed by atoms with E-state index in [1.165, 1.54) is 20.9 Å². The number of hydrogen-bond acceptors (Lipinski definition) is 6. The molecule has 0 radical (unpaired) electrons. The molecule has 1 atom stereocenters. The first-order valence-electron chi connectivity index (χ1n) is 6.15. The van der Waals surface area contributed by atoms with Gasteiger partial charge in [-0.25, -0.2) is 0 Å². The molecule has 0 saturated heterocycles. The van der Waals surface area contributed by atoms with E-state index in [-0.39, 0.29) is 24.8 Å². The topological polar surface area (TPSA) is 78.9 Å². The second kappa shape index (κ2) is 15.1. The summed E-state index contributed by atoms with van der Waals surface area (Å²) >= 11 is 0. The van der Waals surface area contributed by atoms with E-state index in [4.69, 9.17) is 4.74 Å². The molecule has 0 aromatic rings. The van der Waals surface area contributed by atoms with Gasteiger partial charge >= 0.3 is 20.0 Å². The van der Waals surface area contributed by atoms with Crippen molar-refractivity contribution >= 4 is 20.0 Å². The Morgan fingerprint density at radius 2 is 1.58 bits per heavy atom. The van der Waals surface area contributed by atoms with Crippen LogP contribution in [0.4, 0.5) is 0 Å². The standard InChI is InChI=1S/C10H18O4.C2H6O2P/c1-3-4-5-8-14-10(12)7-6-9(11)13-2;1-4-5(2)3/h3-8H2,1-2H3;1-2H3/q;+1. The van der Waals surface area contributed by atoms with Crippen molar-refractivity contribution in [2.75, 3.05) is 27.5 Å². The number of esters is 2. The summed E-state index contributed by atoms with van der Waals surface area (Å²) in [5.74, 6) is -0.706. The third-order valence-electron chi connectivity index (χ3n) is 2.03. The van der Waals surface area contributed by atoms with E-state index in [2.05, 4.69) is 16.2 Å². The lowest BCUT2D eigenvalue weighted by Crippen LogP contribution is -2.09. The Morgan fingerprint density at radius 1 is 1.05 bits per heavy atom. The van der Waals surface area contributed by atoms with Gasteiger partial charge < -0.3 is 9.47 Å². The van der Waals surface area contributed by atoms with Crippen molar-refractivity contribution in [3.05, 3.63) is 0 Å². The molecule has 0 aliphatic heterocycles. The second-order valence-electron chi connectivity index (χ2n) is 3.63. The Balaban J connectivity index is 0. The molecule has 0 spiro atoms. The van der Waals surface area contributed by atoms with Gasteiger partial charge in [0.2, 0.25) is 0 Å². The average molecular weight is 295 g/mol. The van der Waals surface area contributed by atoms with Gasteiger partial charge in [-0.05, 0) is 11.0 Å². The van der Waals surface area contributed by atoms with E-state index >= 15 is 0 Å². The summed E-state index contributed by atoms with van der Waals surface area (Å²) in [5, 5.41) is 0. The zero-order valence-electron chi connectivity index (χ0n) is 12.1. The summed E-state index contributed by atoms with van der Waals surface area (Å²) in [7, 11) is 1.37. The van der Waals surface area contributed by atoms with Crippen LogP contribution in [0.1, 0.15) is 39.0 Å². The van der Waals surface area contributed by atoms with Crippen molar-refractivity contribution in [2.24, 2.45) is 0 Å². The molecule has 1 unspecified atom stereocenters. The molecule has 0 fully saturated rings. The third kappa shape index (κ3) is 19.5. The summed E-state index contributed by atoms with van der Waals surface area (Å²) in [6, 6.07) is 0. The molecule has 0 aliphatic carbocycles. The van der Waals surface area contributed by atoms with Gasteiger partial charge in [0.1, 0.15) is 0 Å². The summed E-state index contributed by atoms with van der Waals surface area (Å²) in [5.41, 5.74) is 0. The number of carbonyl (C=O) groups is 2. The van der Waals surface area contributed by atoms with Gasteiger partial charge in [0.05, 0.1) is 33.7 Å². The fourth-order valence-corrected chi connectivity index (χ4v) is 0.916. The molecule has 7 heteroatoms. The number of ether oxygens (including phenoxy) is 2. The SMILES string of the molecule is CCCCCOC(=O)CCC(=O)OC.CO[P+](C)=O. The molecule has 6 nitrogen and oxygen atoms in total. The Bertz CT molecular complexity index is 267. The lowest BCUT2D eigenvalue weighted by atomic mass is 10.3. The number of rotatable bonds is 8. The maximum atomic E-state index is 11.0. The van der Waals surface area contributed by atoms with Crippen LogP contribution in [0, 0.1) is 0 Å². The smallest absolute Gasteiger partial charge is 0.469 e. The summed E-state index contributed by atoms with van der Waals surface area (Å²) < 4.78 is 23.3. The number of unbranched alkanes of at least 4 members (excludes halogenated alkanes) is 2. The zero-order chi connectivity index (χ0) is 15.1. The molecule has 0 amide bonds. The highest BCUT2D eigenvalue weighted by Crippen LogP contribution is 2.10. The second-order valence-corrected chi connectivity index (χ2v) is 4.87. The van der Waals surface area contributed by atoms with Crippen LogP contribution in [0.15, 0.2) is 0 Å². The largest absolute Gasteiger partial charge is 0.504 e. The lowest BCUT2D eigenvalue weighted by Gasteiger charge is -2.03. The van der Waals surface area contributed by atoms with Gasteiger partial charge in [-0.2, -0.15) is 0 Å². The molecule has 19 heavy (non-hydrogen) atoms. The quantitative estimate of drug-likeness (QED) is 0.389. The fourth-order valence-electron chi connectivity index (χ4n) is 0.916. The molecule has 112 valence electrons. The van der Waals surface area contributed by atoms with Crippen LogP contribution in [-0.2, 0) is 28.2 Å². The molecule has 0 aliphatic rings. The minimum atomic E-state index is -1.35. The molecular weight excluding hydrogens is 271 g/mol. The van der Waals surface area contributed by atoms with Crippen LogP contribution in [0.3, 0.4) is 0 Å². The van der Waals surface area contributed by atoms with E-state index in [0.29, 0.717) is 6.61 Å². The van der Waals surface area contributed by atoms with Crippen molar-refractivity contribution in [3.8, 4) is 0 Å². The van der Waals surface area contributed by atoms with Crippen molar-refractivity contribution in [2.45, 2.75) is 39.0 Å². The summed E-state index contributed by atoms with van der Waals surface area (Å²) in [6.45, 7) is 4.04. The van der Waals surface area contributed by atoms with E-state index < -0.39 is 8.03 Å². The first-order chi connectivity index (χ1) is 8.97. The van der Waals surface area contributed by atoms with Crippen LogP contribution >= 0.6 is 8.03 Å². The van der Waals surface area contributed by atoms with Crippen LogP contribution in [0.25, 0.3) is 0 Å². The van der Waals surface area contributed by atoms with E-state index in [1.807, 2.05) is 0 Å². The average Bonchev–Trinajstić information content (AvgIpc) is 2.41. The Hall–Kier alpha value is -1.00. The summed E-state index contributed by atoms with van der Waals surface area (Å²) in [4.78, 5) is 21.7. The lowest BCUT2D eigenvalue weighted by molar-refractivity contribution is -0.149. The minimum Gasteiger partial charge on any atom is -0.469 e. The van der Waals surface area contributed by atoms with Crippen molar-refractivity contribution in [3.63, 3.8) is 0 Å². The van der Waals surface area contributed by atoms with Crippen LogP contribution < -0.4 is 0 Å². The normalized spacial score (nSPS) is 10.0. The van der Waals surface area contributed by atoms with Gasteiger partial charge in [0, 0.05) is 0 Å². The minimum absolute atomic E-state index is 0.100. The zero-order valence-corrected chi connectivity index (χ0v) is 13.0. The molecule has 0 saturated carbocycles. The molecule has 0 N–H and O–H groups in total. The molecule has 0 aromatic heterocycles. The van der Waals surface area contributed by atoms with Crippen LogP contribution in [-0.4, -0.2) is 39.4 Å². The predicted octanol–water partition coefficient (Wildman–Crippen LogP) is 2.68. The highest BCUT2D eigenvalue weighted by atomic mass is 31.1. The van der Waals surface area contributed by atoms with Gasteiger partial charge in [-0.1, -0.05) is 19.8 Å². The molecule has 0 bridgehead atoms. The molecule has 0 rings (SSSR count). The first kappa shape index (κ1) is 20.3. The highest BCUT2D eigenvalue weighted by molar-refractivity contribution is 7.38. The third-order valence-corrected chi connectivity index (χ3v) is 2.54. The van der Waals surface area contributed by atoms with Gasteiger partial charge in [-0.3, -0.25) is 9.59 Å². The maximum absolute atomic E-state index is 11.0. The Kier molecular flexibility index (Phi) is 16.1. The number of carbonyl (C=O) groups excluding carboxylic acids is 2. The fraction of sp³-hybridized carbons (Fsp3) is 0.833. The van der Waals surface area contributed by atoms with Crippen molar-refractivity contribution in [1.82, 2.24) is 0 Å². The van der Waals surface area contributed by atoms with Gasteiger partial charge in [0.25, 0.3) is 0 Å². The highest BCUT2D eigenvalue weighted by Gasteiger charge is 2.07. The number of methoxy groups -OCH3 is 1.